The quantitative estimate of drug-likeness (QED) is 0.386. The molecule has 168 valence electrons. The summed E-state index contributed by atoms with van der Waals surface area (Å²) in [7, 11) is 0. The van der Waals surface area contributed by atoms with Crippen LogP contribution in [0.15, 0.2) is 120 Å². The van der Waals surface area contributed by atoms with Crippen molar-refractivity contribution in [2.75, 3.05) is 0 Å². The van der Waals surface area contributed by atoms with E-state index in [1.807, 2.05) is 55.5 Å². The fourth-order valence-corrected chi connectivity index (χ4v) is 5.33. The molecule has 1 heterocycles. The molecule has 2 N–H and O–H groups in total. The SMILES string of the molecule is CC1=C(C(N)=O)C(C)(c2cccc3ccccc23)/C(=C/c2ccccc2)N1Cc1ccccc1. The third-order valence-corrected chi connectivity index (χ3v) is 6.93. The van der Waals surface area contributed by atoms with Crippen LogP contribution in [0.4, 0.5) is 0 Å². The highest BCUT2D eigenvalue weighted by Crippen LogP contribution is 2.51. The largest absolute Gasteiger partial charge is 0.366 e. The fraction of sp³-hybridized carbons (Fsp3) is 0.129. The van der Waals surface area contributed by atoms with Gasteiger partial charge < -0.3 is 10.6 Å². The molecule has 0 saturated heterocycles. The number of nitrogens with two attached hydrogens (primary N) is 1. The van der Waals surface area contributed by atoms with Crippen molar-refractivity contribution >= 4 is 22.8 Å². The van der Waals surface area contributed by atoms with Crippen LogP contribution in [0.3, 0.4) is 0 Å². The summed E-state index contributed by atoms with van der Waals surface area (Å²) in [6.07, 6.45) is 2.20. The first-order chi connectivity index (χ1) is 16.5. The molecule has 0 saturated carbocycles. The van der Waals surface area contributed by atoms with Crippen LogP contribution in [0.5, 0.6) is 0 Å². The number of carbonyl (C=O) groups excluding carboxylic acids is 1. The minimum atomic E-state index is -0.707. The highest BCUT2D eigenvalue weighted by Gasteiger charge is 2.48. The lowest BCUT2D eigenvalue weighted by Gasteiger charge is -2.33. The first-order valence-electron chi connectivity index (χ1n) is 11.6. The number of carbonyl (C=O) groups is 1. The third kappa shape index (κ3) is 3.60. The molecule has 1 amide bonds. The van der Waals surface area contributed by atoms with Gasteiger partial charge in [0.05, 0.1) is 11.0 Å². The third-order valence-electron chi connectivity index (χ3n) is 6.93. The van der Waals surface area contributed by atoms with Gasteiger partial charge in [0.15, 0.2) is 0 Å². The molecule has 1 aliphatic heterocycles. The molecule has 1 aliphatic rings. The second-order valence-electron chi connectivity index (χ2n) is 8.99. The van der Waals surface area contributed by atoms with Crippen molar-refractivity contribution in [3.8, 4) is 0 Å². The van der Waals surface area contributed by atoms with Gasteiger partial charge >= 0.3 is 0 Å². The number of benzene rings is 4. The van der Waals surface area contributed by atoms with E-state index < -0.39 is 5.41 Å². The van der Waals surface area contributed by atoms with E-state index in [0.717, 1.165) is 33.3 Å². The van der Waals surface area contributed by atoms with Crippen molar-refractivity contribution in [2.24, 2.45) is 5.73 Å². The fourth-order valence-electron chi connectivity index (χ4n) is 5.33. The number of hydrogen-bond acceptors (Lipinski definition) is 2. The Morgan fingerprint density at radius 2 is 1.47 bits per heavy atom. The summed E-state index contributed by atoms with van der Waals surface area (Å²) in [5, 5.41) is 2.27. The molecule has 34 heavy (non-hydrogen) atoms. The summed E-state index contributed by atoms with van der Waals surface area (Å²) in [6, 6.07) is 35.2. The lowest BCUT2D eigenvalue weighted by atomic mass is 9.72. The minimum absolute atomic E-state index is 0.387. The molecule has 3 heteroatoms. The van der Waals surface area contributed by atoms with Crippen molar-refractivity contribution in [2.45, 2.75) is 25.8 Å². The Morgan fingerprint density at radius 3 is 2.18 bits per heavy atom. The molecule has 0 radical (unpaired) electrons. The van der Waals surface area contributed by atoms with E-state index >= 15 is 0 Å². The summed E-state index contributed by atoms with van der Waals surface area (Å²) in [5.74, 6) is -0.387. The molecule has 4 aromatic rings. The zero-order chi connectivity index (χ0) is 23.7. The van der Waals surface area contributed by atoms with E-state index in [0.29, 0.717) is 12.1 Å². The number of allylic oxidation sites excluding steroid dienone is 2. The van der Waals surface area contributed by atoms with Crippen LogP contribution in [-0.4, -0.2) is 10.8 Å². The molecule has 3 nitrogen and oxygen atoms in total. The smallest absolute Gasteiger partial charge is 0.247 e. The molecule has 5 rings (SSSR count). The van der Waals surface area contributed by atoms with E-state index in [1.54, 1.807) is 0 Å². The Kier molecular flexibility index (Phi) is 5.54. The average Bonchev–Trinajstić information content (AvgIpc) is 3.06. The van der Waals surface area contributed by atoms with Gasteiger partial charge in [0.25, 0.3) is 0 Å². The molecular formula is C31H28N2O. The topological polar surface area (TPSA) is 46.3 Å². The van der Waals surface area contributed by atoms with Gasteiger partial charge in [0.1, 0.15) is 0 Å². The average molecular weight is 445 g/mol. The van der Waals surface area contributed by atoms with Gasteiger partial charge in [-0.15, -0.1) is 0 Å². The van der Waals surface area contributed by atoms with Crippen molar-refractivity contribution < 1.29 is 4.79 Å². The molecule has 1 atom stereocenters. The highest BCUT2D eigenvalue weighted by atomic mass is 16.1. The van der Waals surface area contributed by atoms with E-state index in [1.165, 1.54) is 5.56 Å². The lowest BCUT2D eigenvalue weighted by molar-refractivity contribution is -0.115. The van der Waals surface area contributed by atoms with Gasteiger partial charge in [-0.2, -0.15) is 0 Å². The van der Waals surface area contributed by atoms with Gasteiger partial charge in [-0.25, -0.2) is 0 Å². The zero-order valence-electron chi connectivity index (χ0n) is 19.5. The summed E-state index contributed by atoms with van der Waals surface area (Å²) in [6.45, 7) is 4.80. The first kappa shape index (κ1) is 21.7. The second kappa shape index (κ2) is 8.68. The summed E-state index contributed by atoms with van der Waals surface area (Å²) >= 11 is 0. The number of hydrogen-bond donors (Lipinski definition) is 1. The maximum absolute atomic E-state index is 13.0. The standard InChI is InChI=1S/C31H28N2O/c1-22-29(30(32)34)31(2,27-19-11-17-25-16-9-10-18-26(25)27)28(20-23-12-5-3-6-13-23)33(22)21-24-14-7-4-8-15-24/h3-20H,21H2,1-2H3,(H2,32,34)/b28-20-. The van der Waals surface area contributed by atoms with Crippen molar-refractivity contribution in [1.82, 2.24) is 4.90 Å². The zero-order valence-corrected chi connectivity index (χ0v) is 19.5. The van der Waals surface area contributed by atoms with E-state index in [-0.39, 0.29) is 5.91 Å². The summed E-state index contributed by atoms with van der Waals surface area (Å²) < 4.78 is 0. The molecule has 1 unspecified atom stereocenters. The molecule has 0 aliphatic carbocycles. The Morgan fingerprint density at radius 1 is 0.853 bits per heavy atom. The number of primary amides is 1. The Bertz CT molecular complexity index is 1410. The summed E-state index contributed by atoms with van der Waals surface area (Å²) in [4.78, 5) is 15.3. The van der Waals surface area contributed by atoms with Crippen LogP contribution in [0.2, 0.25) is 0 Å². The van der Waals surface area contributed by atoms with Crippen molar-refractivity contribution in [3.63, 3.8) is 0 Å². The molecular weight excluding hydrogens is 416 g/mol. The van der Waals surface area contributed by atoms with Gasteiger partial charge in [-0.1, -0.05) is 103 Å². The van der Waals surface area contributed by atoms with Crippen molar-refractivity contribution in [1.29, 1.82) is 0 Å². The van der Waals surface area contributed by atoms with Crippen molar-refractivity contribution in [3.05, 3.63) is 137 Å². The van der Waals surface area contributed by atoms with E-state index in [9.17, 15) is 4.79 Å². The Labute approximate surface area is 200 Å². The molecule has 4 aromatic carbocycles. The highest BCUT2D eigenvalue weighted by molar-refractivity contribution is 6.00. The predicted molar refractivity (Wildman–Crippen MR) is 140 cm³/mol. The number of amides is 1. The Hall–Kier alpha value is -4.11. The maximum atomic E-state index is 13.0. The molecule has 0 spiro atoms. The summed E-state index contributed by atoms with van der Waals surface area (Å²) in [5.41, 5.74) is 11.3. The minimum Gasteiger partial charge on any atom is -0.366 e. The monoisotopic (exact) mass is 444 g/mol. The van der Waals surface area contributed by atoms with Gasteiger partial charge in [0, 0.05) is 17.9 Å². The molecule has 0 bridgehead atoms. The van der Waals surface area contributed by atoms with E-state index in [2.05, 4.69) is 72.5 Å². The van der Waals surface area contributed by atoms with Crippen LogP contribution in [0, 0.1) is 0 Å². The second-order valence-corrected chi connectivity index (χ2v) is 8.99. The molecule has 0 fully saturated rings. The normalized spacial score (nSPS) is 19.2. The van der Waals surface area contributed by atoms with Crippen LogP contribution >= 0.6 is 0 Å². The van der Waals surface area contributed by atoms with E-state index in [4.69, 9.17) is 5.73 Å². The van der Waals surface area contributed by atoms with Crippen LogP contribution in [-0.2, 0) is 16.8 Å². The molecule has 0 aromatic heterocycles. The van der Waals surface area contributed by atoms with Crippen LogP contribution in [0.1, 0.15) is 30.5 Å². The number of rotatable bonds is 5. The lowest BCUT2D eigenvalue weighted by Crippen LogP contribution is -2.33. The number of fused-ring (bicyclic) bond motifs is 1. The van der Waals surface area contributed by atoms with Crippen LogP contribution < -0.4 is 5.73 Å². The van der Waals surface area contributed by atoms with Gasteiger partial charge in [0.2, 0.25) is 5.91 Å². The van der Waals surface area contributed by atoms with Crippen LogP contribution in [0.25, 0.3) is 16.8 Å². The first-order valence-corrected chi connectivity index (χ1v) is 11.6. The maximum Gasteiger partial charge on any atom is 0.247 e. The van der Waals surface area contributed by atoms with Gasteiger partial charge in [-0.05, 0) is 47.4 Å². The predicted octanol–water partition coefficient (Wildman–Crippen LogP) is 6.41. The number of nitrogens with zero attached hydrogens (tertiary/aromatic N) is 1. The van der Waals surface area contributed by atoms with Gasteiger partial charge in [-0.3, -0.25) is 4.79 Å². The Balaban J connectivity index is 1.80.